The molecule has 0 aliphatic heterocycles. The van der Waals surface area contributed by atoms with Gasteiger partial charge in [0, 0.05) is 20.2 Å². The van der Waals surface area contributed by atoms with E-state index in [4.69, 9.17) is 9.47 Å². The van der Waals surface area contributed by atoms with Crippen LogP contribution in [0.3, 0.4) is 0 Å². The first-order valence-corrected chi connectivity index (χ1v) is 5.50. The minimum Gasteiger partial charge on any atom is -0.462 e. The third-order valence-corrected chi connectivity index (χ3v) is 2.05. The number of ether oxygens (including phenoxy) is 2. The Labute approximate surface area is 106 Å². The van der Waals surface area contributed by atoms with Gasteiger partial charge >= 0.3 is 12.1 Å². The van der Waals surface area contributed by atoms with Gasteiger partial charge in [-0.3, -0.25) is 0 Å². The van der Waals surface area contributed by atoms with Crippen LogP contribution in [-0.4, -0.2) is 37.7 Å². The van der Waals surface area contributed by atoms with Crippen LogP contribution in [0.15, 0.2) is 18.5 Å². The number of rotatable bonds is 3. The summed E-state index contributed by atoms with van der Waals surface area (Å²) in [4.78, 5) is 24.3. The average molecular weight is 253 g/mol. The number of hydrogen-bond acceptors (Lipinski definition) is 4. The summed E-state index contributed by atoms with van der Waals surface area (Å²) in [6.07, 6.45) is 2.70. The lowest BCUT2D eigenvalue weighted by Gasteiger charge is -2.10. The number of esters is 1. The second-order valence-electron chi connectivity index (χ2n) is 3.91. The summed E-state index contributed by atoms with van der Waals surface area (Å²) < 4.78 is 11.6. The number of amides is 1. The molecule has 1 amide bonds. The van der Waals surface area contributed by atoms with Gasteiger partial charge in [-0.25, -0.2) is 14.2 Å². The first kappa shape index (κ1) is 14.0. The molecule has 98 valence electrons. The van der Waals surface area contributed by atoms with Gasteiger partial charge in [0.25, 0.3) is 0 Å². The predicted molar refractivity (Wildman–Crippen MR) is 63.3 cm³/mol. The fourth-order valence-corrected chi connectivity index (χ4v) is 1.26. The van der Waals surface area contributed by atoms with Gasteiger partial charge in [0.05, 0.1) is 6.61 Å². The highest BCUT2D eigenvalue weighted by Gasteiger charge is 2.16. The number of aromatic nitrogens is 1. The molecule has 6 nitrogen and oxygen atoms in total. The SMILES string of the molecule is CCOC(=O)c1cc(OC(=O)N(C)C)c[n+](C)c1. The molecule has 0 atom stereocenters. The molecule has 0 aromatic carbocycles. The van der Waals surface area contributed by atoms with Crippen molar-refractivity contribution in [3.8, 4) is 5.75 Å². The molecule has 0 saturated carbocycles. The molecule has 0 aliphatic rings. The fraction of sp³-hybridized carbons (Fsp3) is 0.417. The van der Waals surface area contributed by atoms with Crippen LogP contribution in [0.25, 0.3) is 0 Å². The Bertz CT molecular complexity index is 457. The summed E-state index contributed by atoms with van der Waals surface area (Å²) in [6.45, 7) is 2.03. The molecular formula is C12H17N2O4+. The number of nitrogens with zero attached hydrogens (tertiary/aromatic N) is 2. The summed E-state index contributed by atoms with van der Waals surface area (Å²) in [7, 11) is 4.89. The van der Waals surface area contributed by atoms with Crippen LogP contribution in [0.1, 0.15) is 17.3 Å². The van der Waals surface area contributed by atoms with Crippen molar-refractivity contribution in [1.29, 1.82) is 0 Å². The molecule has 0 spiro atoms. The molecule has 0 saturated heterocycles. The largest absolute Gasteiger partial charge is 0.462 e. The van der Waals surface area contributed by atoms with Gasteiger partial charge < -0.3 is 14.4 Å². The smallest absolute Gasteiger partial charge is 0.414 e. The van der Waals surface area contributed by atoms with Crippen molar-refractivity contribution in [3.63, 3.8) is 0 Å². The summed E-state index contributed by atoms with van der Waals surface area (Å²) in [5, 5.41) is 0. The van der Waals surface area contributed by atoms with Crippen LogP contribution >= 0.6 is 0 Å². The lowest BCUT2D eigenvalue weighted by atomic mass is 10.3. The van der Waals surface area contributed by atoms with Gasteiger partial charge in [-0.2, -0.15) is 0 Å². The van der Waals surface area contributed by atoms with Crippen LogP contribution in [0.2, 0.25) is 0 Å². The molecule has 0 radical (unpaired) electrons. The van der Waals surface area contributed by atoms with Crippen molar-refractivity contribution in [1.82, 2.24) is 4.90 Å². The van der Waals surface area contributed by atoms with Crippen LogP contribution in [0.4, 0.5) is 4.79 Å². The molecule has 1 aromatic heterocycles. The number of aryl methyl sites for hydroxylation is 1. The summed E-state index contributed by atoms with van der Waals surface area (Å²) in [6, 6.07) is 1.47. The van der Waals surface area contributed by atoms with Gasteiger partial charge in [0.15, 0.2) is 11.9 Å². The van der Waals surface area contributed by atoms with E-state index in [0.29, 0.717) is 17.9 Å². The van der Waals surface area contributed by atoms with Crippen molar-refractivity contribution in [3.05, 3.63) is 24.0 Å². The second kappa shape index (κ2) is 6.00. The first-order valence-electron chi connectivity index (χ1n) is 5.50. The monoisotopic (exact) mass is 253 g/mol. The zero-order valence-corrected chi connectivity index (χ0v) is 11.0. The standard InChI is InChI=1S/C12H17N2O4/c1-5-17-11(15)9-6-10(8-14(4)7-9)18-12(16)13(2)3/h6-8H,5H2,1-4H3/q+1. The van der Waals surface area contributed by atoms with E-state index in [1.165, 1.54) is 11.0 Å². The maximum absolute atomic E-state index is 11.6. The molecule has 1 rings (SSSR count). The Hall–Kier alpha value is -2.11. The molecule has 0 N–H and O–H groups in total. The third-order valence-electron chi connectivity index (χ3n) is 2.05. The van der Waals surface area contributed by atoms with Crippen molar-refractivity contribution in [2.45, 2.75) is 6.92 Å². The lowest BCUT2D eigenvalue weighted by Crippen LogP contribution is -2.31. The lowest BCUT2D eigenvalue weighted by molar-refractivity contribution is -0.671. The highest BCUT2D eigenvalue weighted by molar-refractivity contribution is 5.89. The molecule has 6 heteroatoms. The van der Waals surface area contributed by atoms with E-state index in [1.54, 1.807) is 45.0 Å². The highest BCUT2D eigenvalue weighted by atomic mass is 16.6. The minimum atomic E-state index is -0.504. The van der Waals surface area contributed by atoms with E-state index in [0.717, 1.165) is 0 Å². The van der Waals surface area contributed by atoms with Gasteiger partial charge in [0.2, 0.25) is 6.20 Å². The van der Waals surface area contributed by atoms with E-state index in [1.807, 2.05) is 0 Å². The van der Waals surface area contributed by atoms with Crippen molar-refractivity contribution in [2.75, 3.05) is 20.7 Å². The summed E-state index contributed by atoms with van der Waals surface area (Å²) >= 11 is 0. The van der Waals surface area contributed by atoms with E-state index >= 15 is 0 Å². The fourth-order valence-electron chi connectivity index (χ4n) is 1.26. The normalized spacial score (nSPS) is 9.78. The molecule has 0 bridgehead atoms. The maximum atomic E-state index is 11.6. The Morgan fingerprint density at radius 2 is 2.00 bits per heavy atom. The molecule has 0 fully saturated rings. The van der Waals surface area contributed by atoms with E-state index < -0.39 is 12.1 Å². The van der Waals surface area contributed by atoms with Gasteiger partial charge in [-0.05, 0) is 6.92 Å². The Balaban J connectivity index is 2.94. The van der Waals surface area contributed by atoms with Crippen LogP contribution in [-0.2, 0) is 11.8 Å². The topological polar surface area (TPSA) is 59.7 Å². The number of pyridine rings is 1. The molecule has 0 aliphatic carbocycles. The number of carbonyl (C=O) groups excluding carboxylic acids is 2. The van der Waals surface area contributed by atoms with Crippen LogP contribution < -0.4 is 9.30 Å². The first-order chi connectivity index (χ1) is 8.43. The van der Waals surface area contributed by atoms with Crippen molar-refractivity contribution in [2.24, 2.45) is 7.05 Å². The minimum absolute atomic E-state index is 0.293. The van der Waals surface area contributed by atoms with Crippen LogP contribution in [0, 0.1) is 0 Å². The van der Waals surface area contributed by atoms with Gasteiger partial charge in [-0.15, -0.1) is 0 Å². The maximum Gasteiger partial charge on any atom is 0.414 e. The highest BCUT2D eigenvalue weighted by Crippen LogP contribution is 2.12. The zero-order chi connectivity index (χ0) is 13.7. The Morgan fingerprint density at radius 1 is 1.33 bits per heavy atom. The van der Waals surface area contributed by atoms with Crippen LogP contribution in [0.5, 0.6) is 5.75 Å². The summed E-state index contributed by atoms with van der Waals surface area (Å²) in [5.74, 6) is -0.155. The second-order valence-corrected chi connectivity index (χ2v) is 3.91. The van der Waals surface area contributed by atoms with E-state index in [9.17, 15) is 9.59 Å². The number of hydrogen-bond donors (Lipinski definition) is 0. The summed E-state index contributed by atoms with van der Waals surface area (Å²) in [5.41, 5.74) is 0.336. The van der Waals surface area contributed by atoms with E-state index in [-0.39, 0.29) is 0 Å². The molecule has 1 heterocycles. The zero-order valence-electron chi connectivity index (χ0n) is 11.0. The average Bonchev–Trinajstić information content (AvgIpc) is 2.28. The third kappa shape index (κ3) is 3.73. The molecular weight excluding hydrogens is 236 g/mol. The Morgan fingerprint density at radius 3 is 2.56 bits per heavy atom. The van der Waals surface area contributed by atoms with Crippen molar-refractivity contribution >= 4 is 12.1 Å². The molecule has 0 unspecified atom stereocenters. The van der Waals surface area contributed by atoms with Gasteiger partial charge in [-0.1, -0.05) is 0 Å². The molecule has 1 aromatic rings. The Kier molecular flexibility index (Phi) is 4.65. The van der Waals surface area contributed by atoms with E-state index in [2.05, 4.69) is 0 Å². The number of carbonyl (C=O) groups is 2. The van der Waals surface area contributed by atoms with Gasteiger partial charge in [0.1, 0.15) is 12.6 Å². The molecule has 18 heavy (non-hydrogen) atoms. The predicted octanol–water partition coefficient (Wildman–Crippen LogP) is 0.748. The quantitative estimate of drug-likeness (QED) is 0.589. The van der Waals surface area contributed by atoms with Crippen molar-refractivity contribution < 1.29 is 23.6 Å².